The SMILES string of the molecule is Cc1cc(Cn2ccnc2-c2cc(C#CCO)cs2)c(C(F)(F)F)o1. The Morgan fingerprint density at radius 3 is 2.88 bits per heavy atom. The molecule has 0 aromatic carbocycles. The maximum absolute atomic E-state index is 13.1. The molecule has 130 valence electrons. The van der Waals surface area contributed by atoms with Crippen LogP contribution in [0.15, 0.2) is 34.3 Å². The molecule has 0 amide bonds. The molecular formula is C17H13F3N2O2S. The van der Waals surface area contributed by atoms with Gasteiger partial charge in [0.25, 0.3) is 0 Å². The first-order chi connectivity index (χ1) is 11.9. The zero-order valence-electron chi connectivity index (χ0n) is 13.1. The van der Waals surface area contributed by atoms with E-state index in [2.05, 4.69) is 16.8 Å². The van der Waals surface area contributed by atoms with Crippen LogP contribution in [-0.4, -0.2) is 21.3 Å². The molecule has 8 heteroatoms. The van der Waals surface area contributed by atoms with Crippen LogP contribution in [0.3, 0.4) is 0 Å². The van der Waals surface area contributed by atoms with Crippen molar-refractivity contribution in [3.63, 3.8) is 0 Å². The van der Waals surface area contributed by atoms with E-state index in [1.54, 1.807) is 22.2 Å². The molecule has 4 nitrogen and oxygen atoms in total. The minimum absolute atomic E-state index is 0.00291. The number of rotatable bonds is 3. The molecule has 1 N–H and O–H groups in total. The number of hydrogen-bond donors (Lipinski definition) is 1. The van der Waals surface area contributed by atoms with Crippen molar-refractivity contribution in [3.8, 4) is 22.5 Å². The van der Waals surface area contributed by atoms with Crippen LogP contribution in [0.5, 0.6) is 0 Å². The summed E-state index contributed by atoms with van der Waals surface area (Å²) in [6.45, 7) is 1.25. The Bertz CT molecular complexity index is 941. The monoisotopic (exact) mass is 366 g/mol. The Morgan fingerprint density at radius 1 is 1.36 bits per heavy atom. The van der Waals surface area contributed by atoms with E-state index in [0.29, 0.717) is 5.82 Å². The molecule has 0 atom stereocenters. The van der Waals surface area contributed by atoms with E-state index >= 15 is 0 Å². The normalized spacial score (nSPS) is 11.4. The fourth-order valence-electron chi connectivity index (χ4n) is 2.43. The molecule has 25 heavy (non-hydrogen) atoms. The van der Waals surface area contributed by atoms with E-state index in [1.165, 1.54) is 30.5 Å². The maximum Gasteiger partial charge on any atom is 0.449 e. The van der Waals surface area contributed by atoms with Gasteiger partial charge in [0.05, 0.1) is 11.4 Å². The molecule has 3 aromatic rings. The number of nitrogens with zero attached hydrogens (tertiary/aromatic N) is 2. The van der Waals surface area contributed by atoms with Gasteiger partial charge >= 0.3 is 6.18 Å². The second kappa shape index (κ2) is 6.78. The smallest absolute Gasteiger partial charge is 0.449 e. The Labute approximate surface area is 145 Å². The lowest BCUT2D eigenvalue weighted by Crippen LogP contribution is -2.09. The van der Waals surface area contributed by atoms with Crippen LogP contribution in [0, 0.1) is 18.8 Å². The van der Waals surface area contributed by atoms with E-state index in [1.807, 2.05) is 0 Å². The third-order valence-corrected chi connectivity index (χ3v) is 4.30. The number of aromatic nitrogens is 2. The average molecular weight is 366 g/mol. The van der Waals surface area contributed by atoms with Crippen molar-refractivity contribution in [2.24, 2.45) is 0 Å². The number of hydrogen-bond acceptors (Lipinski definition) is 4. The molecule has 0 aliphatic rings. The highest BCUT2D eigenvalue weighted by molar-refractivity contribution is 7.13. The molecule has 3 heterocycles. The molecule has 0 spiro atoms. The van der Waals surface area contributed by atoms with E-state index in [0.717, 1.165) is 10.4 Å². The fourth-order valence-corrected chi connectivity index (χ4v) is 3.28. The Hall–Kier alpha value is -2.50. The lowest BCUT2D eigenvalue weighted by molar-refractivity contribution is -0.154. The molecule has 3 rings (SSSR count). The van der Waals surface area contributed by atoms with E-state index in [9.17, 15) is 13.2 Å². The highest BCUT2D eigenvalue weighted by Crippen LogP contribution is 2.35. The van der Waals surface area contributed by atoms with Gasteiger partial charge in [-0.2, -0.15) is 13.2 Å². The van der Waals surface area contributed by atoms with Gasteiger partial charge in [-0.3, -0.25) is 0 Å². The van der Waals surface area contributed by atoms with Crippen molar-refractivity contribution in [2.45, 2.75) is 19.6 Å². The molecular weight excluding hydrogens is 353 g/mol. The predicted octanol–water partition coefficient (Wildman–Crippen LogP) is 3.92. The zero-order valence-corrected chi connectivity index (χ0v) is 13.9. The largest absolute Gasteiger partial charge is 0.456 e. The van der Waals surface area contributed by atoms with Crippen LogP contribution >= 0.6 is 11.3 Å². The minimum atomic E-state index is -4.54. The van der Waals surface area contributed by atoms with Gasteiger partial charge in [0.2, 0.25) is 5.76 Å². The molecule has 0 saturated heterocycles. The number of thiophene rings is 1. The topological polar surface area (TPSA) is 51.2 Å². The lowest BCUT2D eigenvalue weighted by atomic mass is 10.2. The first kappa shape index (κ1) is 17.3. The van der Waals surface area contributed by atoms with Gasteiger partial charge in [-0.25, -0.2) is 4.98 Å². The first-order valence-electron chi connectivity index (χ1n) is 7.24. The quantitative estimate of drug-likeness (QED) is 0.715. The van der Waals surface area contributed by atoms with Gasteiger partial charge in [0, 0.05) is 28.9 Å². The van der Waals surface area contributed by atoms with Crippen LogP contribution in [0.2, 0.25) is 0 Å². The van der Waals surface area contributed by atoms with Crippen LogP contribution < -0.4 is 0 Å². The summed E-state index contributed by atoms with van der Waals surface area (Å²) in [6.07, 6.45) is -1.38. The van der Waals surface area contributed by atoms with Gasteiger partial charge in [0.15, 0.2) is 0 Å². The van der Waals surface area contributed by atoms with Crippen LogP contribution in [0.4, 0.5) is 13.2 Å². The summed E-state index contributed by atoms with van der Waals surface area (Å²) in [5, 5.41) is 10.5. The van der Waals surface area contributed by atoms with Gasteiger partial charge in [-0.05, 0) is 19.1 Å². The van der Waals surface area contributed by atoms with Crippen LogP contribution in [-0.2, 0) is 12.7 Å². The Morgan fingerprint density at radius 2 is 2.16 bits per heavy atom. The van der Waals surface area contributed by atoms with Crippen molar-refractivity contribution in [3.05, 3.63) is 52.6 Å². The second-order valence-electron chi connectivity index (χ2n) is 5.25. The van der Waals surface area contributed by atoms with Crippen molar-refractivity contribution in [1.29, 1.82) is 0 Å². The highest BCUT2D eigenvalue weighted by Gasteiger charge is 2.38. The minimum Gasteiger partial charge on any atom is -0.456 e. The van der Waals surface area contributed by atoms with Gasteiger partial charge in [0.1, 0.15) is 18.2 Å². The van der Waals surface area contributed by atoms with E-state index < -0.39 is 11.9 Å². The fraction of sp³-hybridized carbons (Fsp3) is 0.235. The summed E-state index contributed by atoms with van der Waals surface area (Å²) in [4.78, 5) is 5.02. The average Bonchev–Trinajstić information content (AvgIpc) is 3.24. The third kappa shape index (κ3) is 3.78. The molecule has 0 radical (unpaired) electrons. The molecule has 0 aliphatic heterocycles. The number of furan rings is 1. The Balaban J connectivity index is 1.92. The van der Waals surface area contributed by atoms with Crippen molar-refractivity contribution < 1.29 is 22.7 Å². The molecule has 0 unspecified atom stereocenters. The third-order valence-electron chi connectivity index (χ3n) is 3.38. The number of halogens is 3. The summed E-state index contributed by atoms with van der Waals surface area (Å²) in [5.41, 5.74) is 0.778. The highest BCUT2D eigenvalue weighted by atomic mass is 32.1. The van der Waals surface area contributed by atoms with Crippen LogP contribution in [0.1, 0.15) is 22.6 Å². The second-order valence-corrected chi connectivity index (χ2v) is 6.16. The van der Waals surface area contributed by atoms with Gasteiger partial charge in [-0.1, -0.05) is 11.8 Å². The maximum atomic E-state index is 13.1. The standard InChI is InChI=1S/C17H13F3N2O2S/c1-11-7-13(15(24-11)17(18,19)20)9-22-5-4-21-16(22)14-8-12(10-25-14)3-2-6-23/h4-5,7-8,10,23H,6,9H2,1H3. The molecule has 0 saturated carbocycles. The number of imidazole rings is 1. The van der Waals surface area contributed by atoms with Crippen molar-refractivity contribution in [1.82, 2.24) is 9.55 Å². The molecule has 0 fully saturated rings. The summed E-state index contributed by atoms with van der Waals surface area (Å²) < 4.78 is 45.7. The summed E-state index contributed by atoms with van der Waals surface area (Å²) in [5.74, 6) is 5.12. The molecule has 0 aliphatic carbocycles. The molecule has 0 bridgehead atoms. The zero-order chi connectivity index (χ0) is 18.0. The number of aliphatic hydroxyl groups excluding tert-OH is 1. The van der Waals surface area contributed by atoms with Gasteiger partial charge < -0.3 is 14.1 Å². The van der Waals surface area contributed by atoms with Crippen molar-refractivity contribution >= 4 is 11.3 Å². The summed E-state index contributed by atoms with van der Waals surface area (Å²) in [7, 11) is 0. The number of aliphatic hydroxyl groups is 1. The number of aryl methyl sites for hydroxylation is 1. The van der Waals surface area contributed by atoms with E-state index in [-0.39, 0.29) is 24.5 Å². The van der Waals surface area contributed by atoms with Crippen LogP contribution in [0.25, 0.3) is 10.7 Å². The predicted molar refractivity (Wildman–Crippen MR) is 87.1 cm³/mol. The van der Waals surface area contributed by atoms with Gasteiger partial charge in [-0.15, -0.1) is 11.3 Å². The van der Waals surface area contributed by atoms with Crippen molar-refractivity contribution in [2.75, 3.05) is 6.61 Å². The summed E-state index contributed by atoms with van der Waals surface area (Å²) >= 11 is 1.38. The molecule has 3 aromatic heterocycles. The lowest BCUT2D eigenvalue weighted by Gasteiger charge is -2.09. The first-order valence-corrected chi connectivity index (χ1v) is 8.12. The van der Waals surface area contributed by atoms with E-state index in [4.69, 9.17) is 9.52 Å². The number of alkyl halides is 3. The summed E-state index contributed by atoms with van der Waals surface area (Å²) in [6, 6.07) is 3.18. The Kier molecular flexibility index (Phi) is 4.70.